The third-order valence-corrected chi connectivity index (χ3v) is 4.64. The summed E-state index contributed by atoms with van der Waals surface area (Å²) in [5.74, 6) is 1.20. The van der Waals surface area contributed by atoms with Gasteiger partial charge in [-0.3, -0.25) is 4.79 Å². The summed E-state index contributed by atoms with van der Waals surface area (Å²) in [6.45, 7) is 1.05. The maximum atomic E-state index is 12.0. The van der Waals surface area contributed by atoms with Crippen molar-refractivity contribution in [2.75, 3.05) is 11.9 Å². The Bertz CT molecular complexity index is 718. The van der Waals surface area contributed by atoms with Crippen LogP contribution in [0.2, 0.25) is 0 Å². The number of amides is 1. The van der Waals surface area contributed by atoms with Gasteiger partial charge in [-0.25, -0.2) is 0 Å². The zero-order chi connectivity index (χ0) is 17.9. The fraction of sp³-hybridized carbons (Fsp3) is 0.500. The third kappa shape index (κ3) is 4.05. The summed E-state index contributed by atoms with van der Waals surface area (Å²) in [6.07, 6.45) is 5.92. The second-order valence-corrected chi connectivity index (χ2v) is 6.90. The number of carbonyl (C=O) groups excluding carboxylic acids is 1. The molecular formula is C18H24N4O3. The van der Waals surface area contributed by atoms with Gasteiger partial charge in [0.05, 0.1) is 6.61 Å². The smallest absolute Gasteiger partial charge is 0.246 e. The molecule has 1 aromatic heterocycles. The molecule has 1 aromatic carbocycles. The number of hydrogen-bond donors (Lipinski definition) is 3. The van der Waals surface area contributed by atoms with Gasteiger partial charge in [0.2, 0.25) is 17.6 Å². The van der Waals surface area contributed by atoms with Crippen LogP contribution in [-0.2, 0) is 4.79 Å². The van der Waals surface area contributed by atoms with Crippen molar-refractivity contribution in [3.8, 4) is 11.4 Å². The van der Waals surface area contributed by atoms with Gasteiger partial charge in [-0.2, -0.15) is 4.98 Å². The first-order chi connectivity index (χ1) is 12.0. The summed E-state index contributed by atoms with van der Waals surface area (Å²) >= 11 is 0. The molecule has 1 heterocycles. The van der Waals surface area contributed by atoms with Gasteiger partial charge in [-0.05, 0) is 44.0 Å². The van der Waals surface area contributed by atoms with Crippen molar-refractivity contribution in [3.05, 3.63) is 30.2 Å². The van der Waals surface area contributed by atoms with Crippen molar-refractivity contribution in [2.24, 2.45) is 5.73 Å². The molecule has 1 aliphatic rings. The van der Waals surface area contributed by atoms with Crippen molar-refractivity contribution in [1.29, 1.82) is 0 Å². The van der Waals surface area contributed by atoms with E-state index in [1.54, 1.807) is 12.1 Å². The number of anilines is 1. The van der Waals surface area contributed by atoms with Crippen molar-refractivity contribution in [2.45, 2.75) is 50.5 Å². The van der Waals surface area contributed by atoms with Gasteiger partial charge in [0.15, 0.2) is 0 Å². The summed E-state index contributed by atoms with van der Waals surface area (Å²) in [6, 6.07) is 7.13. The van der Waals surface area contributed by atoms with Gasteiger partial charge in [-0.15, -0.1) is 0 Å². The average Bonchev–Trinajstić information content (AvgIpc) is 3.13. The van der Waals surface area contributed by atoms with E-state index in [1.807, 2.05) is 12.1 Å². The Morgan fingerprint density at radius 3 is 2.64 bits per heavy atom. The SMILES string of the molecule is C[C@](N)(CO)C(=O)Nc1ccc(-c2noc(C3CCCCC3)n2)cc1. The summed E-state index contributed by atoms with van der Waals surface area (Å²) < 4.78 is 5.44. The van der Waals surface area contributed by atoms with Crippen molar-refractivity contribution >= 4 is 11.6 Å². The Morgan fingerprint density at radius 1 is 1.32 bits per heavy atom. The molecule has 7 heteroatoms. The summed E-state index contributed by atoms with van der Waals surface area (Å²) in [7, 11) is 0. The molecule has 0 saturated heterocycles. The lowest BCUT2D eigenvalue weighted by atomic mass is 9.89. The molecule has 1 atom stereocenters. The van der Waals surface area contributed by atoms with Crippen LogP contribution >= 0.6 is 0 Å². The highest BCUT2D eigenvalue weighted by molar-refractivity contribution is 5.97. The van der Waals surface area contributed by atoms with Gasteiger partial charge in [-0.1, -0.05) is 24.4 Å². The molecular weight excluding hydrogens is 320 g/mol. The van der Waals surface area contributed by atoms with E-state index in [1.165, 1.54) is 26.2 Å². The van der Waals surface area contributed by atoms with E-state index in [4.69, 9.17) is 15.4 Å². The highest BCUT2D eigenvalue weighted by atomic mass is 16.5. The fourth-order valence-corrected chi connectivity index (χ4v) is 2.92. The first-order valence-corrected chi connectivity index (χ1v) is 8.65. The predicted octanol–water partition coefficient (Wildman–Crippen LogP) is 2.43. The third-order valence-electron chi connectivity index (χ3n) is 4.64. The second-order valence-electron chi connectivity index (χ2n) is 6.90. The molecule has 0 spiro atoms. The minimum atomic E-state index is -1.32. The average molecular weight is 344 g/mol. The van der Waals surface area contributed by atoms with Crippen LogP contribution < -0.4 is 11.1 Å². The van der Waals surface area contributed by atoms with E-state index in [0.717, 1.165) is 18.4 Å². The van der Waals surface area contributed by atoms with Gasteiger partial charge in [0.25, 0.3) is 0 Å². The van der Waals surface area contributed by atoms with Crippen LogP contribution in [0.25, 0.3) is 11.4 Å². The van der Waals surface area contributed by atoms with Crippen LogP contribution in [0.5, 0.6) is 0 Å². The molecule has 2 aromatic rings. The molecule has 1 amide bonds. The zero-order valence-electron chi connectivity index (χ0n) is 14.4. The number of nitrogens with two attached hydrogens (primary N) is 1. The van der Waals surface area contributed by atoms with Crippen molar-refractivity contribution < 1.29 is 14.4 Å². The quantitative estimate of drug-likeness (QED) is 0.767. The molecule has 1 saturated carbocycles. The lowest BCUT2D eigenvalue weighted by Gasteiger charge is -2.20. The fourth-order valence-electron chi connectivity index (χ4n) is 2.92. The first-order valence-electron chi connectivity index (χ1n) is 8.65. The highest BCUT2D eigenvalue weighted by Gasteiger charge is 2.27. The molecule has 4 N–H and O–H groups in total. The number of carbonyl (C=O) groups is 1. The monoisotopic (exact) mass is 344 g/mol. The van der Waals surface area contributed by atoms with Crippen LogP contribution in [0.1, 0.15) is 50.8 Å². The summed E-state index contributed by atoms with van der Waals surface area (Å²) in [4.78, 5) is 16.5. The topological polar surface area (TPSA) is 114 Å². The van der Waals surface area contributed by atoms with Crippen LogP contribution in [0.15, 0.2) is 28.8 Å². The second kappa shape index (κ2) is 7.33. The van der Waals surface area contributed by atoms with Gasteiger partial charge in [0.1, 0.15) is 5.54 Å². The largest absolute Gasteiger partial charge is 0.394 e. The first kappa shape index (κ1) is 17.6. The van der Waals surface area contributed by atoms with Crippen LogP contribution in [0.4, 0.5) is 5.69 Å². The van der Waals surface area contributed by atoms with E-state index >= 15 is 0 Å². The normalized spacial score (nSPS) is 17.9. The van der Waals surface area contributed by atoms with Crippen LogP contribution in [0.3, 0.4) is 0 Å². The van der Waals surface area contributed by atoms with Crippen molar-refractivity contribution in [1.82, 2.24) is 10.1 Å². The van der Waals surface area contributed by atoms with E-state index < -0.39 is 18.1 Å². The van der Waals surface area contributed by atoms with E-state index in [0.29, 0.717) is 23.3 Å². The van der Waals surface area contributed by atoms with Crippen LogP contribution in [-0.4, -0.2) is 33.3 Å². The minimum absolute atomic E-state index is 0.370. The van der Waals surface area contributed by atoms with E-state index in [-0.39, 0.29) is 0 Å². The lowest BCUT2D eigenvalue weighted by Crippen LogP contribution is -2.51. The Morgan fingerprint density at radius 2 is 2.00 bits per heavy atom. The van der Waals surface area contributed by atoms with Gasteiger partial charge >= 0.3 is 0 Å². The van der Waals surface area contributed by atoms with Gasteiger partial charge in [0, 0.05) is 17.2 Å². The maximum absolute atomic E-state index is 12.0. The van der Waals surface area contributed by atoms with Crippen molar-refractivity contribution in [3.63, 3.8) is 0 Å². The highest BCUT2D eigenvalue weighted by Crippen LogP contribution is 2.32. The lowest BCUT2D eigenvalue weighted by molar-refractivity contribution is -0.121. The number of rotatable bonds is 5. The molecule has 3 rings (SSSR count). The Kier molecular flexibility index (Phi) is 5.15. The standard InChI is InChI=1S/C18H24N4O3/c1-18(19,11-23)17(24)20-14-9-7-12(8-10-14)15-21-16(25-22-15)13-5-3-2-4-6-13/h7-10,13,23H,2-6,11,19H2,1H3,(H,20,24)/t18-/m0/s1. The molecule has 7 nitrogen and oxygen atoms in total. The molecule has 1 aliphatic carbocycles. The minimum Gasteiger partial charge on any atom is -0.394 e. The Labute approximate surface area is 146 Å². The molecule has 1 fully saturated rings. The van der Waals surface area contributed by atoms with Gasteiger partial charge < -0.3 is 20.7 Å². The number of nitrogens with zero attached hydrogens (tertiary/aromatic N) is 2. The predicted molar refractivity (Wildman–Crippen MR) is 93.9 cm³/mol. The number of aromatic nitrogens is 2. The molecule has 134 valence electrons. The maximum Gasteiger partial charge on any atom is 0.246 e. The summed E-state index contributed by atoms with van der Waals surface area (Å²) in [5, 5.41) is 15.9. The molecule has 0 radical (unpaired) electrons. The molecule has 0 aliphatic heterocycles. The van der Waals surface area contributed by atoms with Crippen LogP contribution in [0, 0.1) is 0 Å². The van der Waals surface area contributed by atoms with E-state index in [2.05, 4.69) is 15.5 Å². The number of hydrogen-bond acceptors (Lipinski definition) is 6. The molecule has 0 bridgehead atoms. The number of nitrogens with one attached hydrogen (secondary N) is 1. The van der Waals surface area contributed by atoms with E-state index in [9.17, 15) is 4.79 Å². The zero-order valence-corrected chi connectivity index (χ0v) is 14.4. The Hall–Kier alpha value is -2.25. The number of aliphatic hydroxyl groups excluding tert-OH is 1. The molecule has 25 heavy (non-hydrogen) atoms. The Balaban J connectivity index is 1.68. The summed E-state index contributed by atoms with van der Waals surface area (Å²) in [5.41, 5.74) is 5.80. The molecule has 0 unspecified atom stereocenters. The number of aliphatic hydroxyl groups is 1. The number of benzene rings is 1.